The van der Waals surface area contributed by atoms with E-state index < -0.39 is 5.72 Å². The van der Waals surface area contributed by atoms with Crippen LogP contribution in [0, 0.1) is 17.3 Å². The van der Waals surface area contributed by atoms with E-state index in [-0.39, 0.29) is 29.1 Å². The molecule has 4 saturated carbocycles. The molecule has 2 N–H and O–H groups in total. The molecular weight excluding hydrogens is 340 g/mol. The highest BCUT2D eigenvalue weighted by molar-refractivity contribution is 5.98. The molecular formula is C22H28N2O3. The molecule has 4 aliphatic carbocycles. The first-order valence-corrected chi connectivity index (χ1v) is 10.4. The predicted molar refractivity (Wildman–Crippen MR) is 101 cm³/mol. The number of amides is 2. The Hall–Kier alpha value is -2.04. The first-order chi connectivity index (χ1) is 13.0. The first-order valence-electron chi connectivity index (χ1n) is 10.4. The normalized spacial score (nSPS) is 37.6. The van der Waals surface area contributed by atoms with Gasteiger partial charge >= 0.3 is 0 Å². The van der Waals surface area contributed by atoms with E-state index >= 15 is 0 Å². The maximum absolute atomic E-state index is 13.0. The van der Waals surface area contributed by atoms with Crippen LogP contribution in [0.5, 0.6) is 5.75 Å². The van der Waals surface area contributed by atoms with Crippen molar-refractivity contribution in [2.24, 2.45) is 17.3 Å². The van der Waals surface area contributed by atoms with Gasteiger partial charge < -0.3 is 15.4 Å². The third-order valence-corrected chi connectivity index (χ3v) is 7.52. The van der Waals surface area contributed by atoms with E-state index in [0.717, 1.165) is 32.1 Å². The lowest BCUT2D eigenvalue weighted by atomic mass is 9.52. The monoisotopic (exact) mass is 368 g/mol. The Bertz CT molecular complexity index is 788. The van der Waals surface area contributed by atoms with E-state index in [1.165, 1.54) is 12.8 Å². The Morgan fingerprint density at radius 3 is 2.78 bits per heavy atom. The van der Waals surface area contributed by atoms with Gasteiger partial charge in [-0.15, -0.1) is 0 Å². The Morgan fingerprint density at radius 1 is 1.22 bits per heavy atom. The molecule has 5 nitrogen and oxygen atoms in total. The number of hydrogen-bond acceptors (Lipinski definition) is 3. The number of para-hydroxylation sites is 1. The van der Waals surface area contributed by atoms with Gasteiger partial charge in [0.2, 0.25) is 5.91 Å². The van der Waals surface area contributed by atoms with E-state index in [1.807, 2.05) is 18.2 Å². The van der Waals surface area contributed by atoms with Crippen molar-refractivity contribution in [3.05, 3.63) is 29.8 Å². The molecule has 2 amide bonds. The molecule has 6 rings (SSSR count). The van der Waals surface area contributed by atoms with Gasteiger partial charge in [-0.3, -0.25) is 9.59 Å². The van der Waals surface area contributed by atoms with Crippen LogP contribution in [-0.2, 0) is 4.79 Å². The first kappa shape index (κ1) is 17.1. The Labute approximate surface area is 160 Å². The quantitative estimate of drug-likeness (QED) is 0.841. The fourth-order valence-electron chi connectivity index (χ4n) is 6.03. The highest BCUT2D eigenvalue weighted by Crippen LogP contribution is 2.58. The molecule has 4 fully saturated rings. The molecule has 144 valence electrons. The summed E-state index contributed by atoms with van der Waals surface area (Å²) in [6, 6.07) is 7.81. The number of nitrogens with one attached hydrogen (secondary N) is 2. The maximum Gasteiger partial charge on any atom is 0.258 e. The molecule has 1 aromatic rings. The smallest absolute Gasteiger partial charge is 0.258 e. The molecule has 1 aliphatic heterocycles. The lowest BCUT2D eigenvalue weighted by Crippen LogP contribution is -2.69. The minimum atomic E-state index is -0.664. The van der Waals surface area contributed by atoms with E-state index in [0.29, 0.717) is 23.8 Å². The molecule has 1 spiro atoms. The highest BCUT2D eigenvalue weighted by Gasteiger charge is 2.61. The summed E-state index contributed by atoms with van der Waals surface area (Å²) in [7, 11) is 0. The molecule has 2 bridgehead atoms. The van der Waals surface area contributed by atoms with Crippen molar-refractivity contribution in [1.82, 2.24) is 10.6 Å². The van der Waals surface area contributed by atoms with Gasteiger partial charge in [0.05, 0.1) is 5.56 Å². The molecule has 0 aromatic heterocycles. The summed E-state index contributed by atoms with van der Waals surface area (Å²) < 4.78 is 6.43. The van der Waals surface area contributed by atoms with Crippen molar-refractivity contribution in [1.29, 1.82) is 0 Å². The van der Waals surface area contributed by atoms with E-state index in [1.54, 1.807) is 6.07 Å². The molecule has 5 heteroatoms. The highest BCUT2D eigenvalue weighted by atomic mass is 16.5. The van der Waals surface area contributed by atoms with Crippen LogP contribution in [-0.4, -0.2) is 23.6 Å². The van der Waals surface area contributed by atoms with E-state index in [4.69, 9.17) is 4.74 Å². The van der Waals surface area contributed by atoms with Crippen LogP contribution < -0.4 is 15.4 Å². The van der Waals surface area contributed by atoms with Crippen molar-refractivity contribution in [2.75, 3.05) is 0 Å². The van der Waals surface area contributed by atoms with Crippen LogP contribution in [0.25, 0.3) is 0 Å². The van der Waals surface area contributed by atoms with Crippen LogP contribution >= 0.6 is 0 Å². The number of hydrogen-bond donors (Lipinski definition) is 2. The molecule has 1 aromatic carbocycles. The minimum absolute atomic E-state index is 0.0140. The van der Waals surface area contributed by atoms with Crippen LogP contribution in [0.1, 0.15) is 68.6 Å². The summed E-state index contributed by atoms with van der Waals surface area (Å²) in [5.41, 5.74) is -0.204. The van der Waals surface area contributed by atoms with Crippen molar-refractivity contribution in [2.45, 2.75) is 70.1 Å². The Balaban J connectivity index is 1.39. The molecule has 27 heavy (non-hydrogen) atoms. The van der Waals surface area contributed by atoms with Crippen molar-refractivity contribution >= 4 is 11.8 Å². The summed E-state index contributed by atoms with van der Waals surface area (Å²) >= 11 is 0. The second-order valence-electron chi connectivity index (χ2n) is 9.29. The van der Waals surface area contributed by atoms with Gasteiger partial charge in [0, 0.05) is 24.3 Å². The maximum atomic E-state index is 13.0. The lowest BCUT2D eigenvalue weighted by Gasteiger charge is -2.59. The van der Waals surface area contributed by atoms with Gasteiger partial charge in [0.1, 0.15) is 5.75 Å². The van der Waals surface area contributed by atoms with Gasteiger partial charge in [-0.05, 0) is 49.7 Å². The zero-order chi connectivity index (χ0) is 18.6. The fraction of sp³-hybridized carbons (Fsp3) is 0.636. The standard InChI is InChI=1S/C22H28N2O3/c1-21-11-10-14(12-17(21)20(26)23-15-6-2-3-7-15)22(13-21)24-19(25)16-8-4-5-9-18(16)27-22/h4-5,8-9,14-15,17H,2-3,6-7,10-13H2,1H3,(H,23,26)(H,24,25)/t14-,17+,21-,22+/m0/s1. The van der Waals surface area contributed by atoms with Crippen LogP contribution in [0.15, 0.2) is 24.3 Å². The van der Waals surface area contributed by atoms with E-state index in [9.17, 15) is 9.59 Å². The van der Waals surface area contributed by atoms with Gasteiger partial charge in [-0.1, -0.05) is 31.9 Å². The molecule has 1 heterocycles. The average Bonchev–Trinajstić information content (AvgIpc) is 3.14. The summed E-state index contributed by atoms with van der Waals surface area (Å²) in [4.78, 5) is 25.8. The predicted octanol–water partition coefficient (Wildman–Crippen LogP) is 3.39. The molecule has 0 unspecified atom stereocenters. The second kappa shape index (κ2) is 5.98. The van der Waals surface area contributed by atoms with Gasteiger partial charge in [-0.25, -0.2) is 0 Å². The summed E-state index contributed by atoms with van der Waals surface area (Å²) in [6.07, 6.45) is 8.16. The number of carbonyl (C=O) groups is 2. The topological polar surface area (TPSA) is 67.4 Å². The zero-order valence-electron chi connectivity index (χ0n) is 15.9. The third-order valence-electron chi connectivity index (χ3n) is 7.52. The lowest BCUT2D eigenvalue weighted by molar-refractivity contribution is -0.167. The van der Waals surface area contributed by atoms with Gasteiger partial charge in [-0.2, -0.15) is 0 Å². The zero-order valence-corrected chi connectivity index (χ0v) is 15.9. The van der Waals surface area contributed by atoms with Crippen molar-refractivity contribution in [3.63, 3.8) is 0 Å². The van der Waals surface area contributed by atoms with Gasteiger partial charge in [0.15, 0.2) is 5.72 Å². The van der Waals surface area contributed by atoms with Crippen LogP contribution in [0.3, 0.4) is 0 Å². The number of carbonyl (C=O) groups excluding carboxylic acids is 2. The largest absolute Gasteiger partial charge is 0.467 e. The fourth-order valence-corrected chi connectivity index (χ4v) is 6.03. The summed E-state index contributed by atoms with van der Waals surface area (Å²) in [5, 5.41) is 6.49. The minimum Gasteiger partial charge on any atom is -0.467 e. The van der Waals surface area contributed by atoms with Crippen LogP contribution in [0.2, 0.25) is 0 Å². The summed E-state index contributed by atoms with van der Waals surface area (Å²) in [6.45, 7) is 2.21. The second-order valence-corrected chi connectivity index (χ2v) is 9.29. The number of fused-ring (bicyclic) bond motifs is 3. The third kappa shape index (κ3) is 2.66. The molecule has 4 atom stereocenters. The number of benzene rings is 1. The van der Waals surface area contributed by atoms with Crippen LogP contribution in [0.4, 0.5) is 0 Å². The molecule has 0 radical (unpaired) electrons. The Kier molecular flexibility index (Phi) is 3.78. The van der Waals surface area contributed by atoms with Crippen molar-refractivity contribution in [3.8, 4) is 5.75 Å². The Morgan fingerprint density at radius 2 is 2.00 bits per heavy atom. The number of ether oxygens (including phenoxy) is 1. The van der Waals surface area contributed by atoms with Gasteiger partial charge in [0.25, 0.3) is 5.91 Å². The molecule has 0 saturated heterocycles. The summed E-state index contributed by atoms with van der Waals surface area (Å²) in [5.74, 6) is 1.02. The number of rotatable bonds is 2. The molecule has 5 aliphatic rings. The SMILES string of the molecule is C[C@@]12CC[C@@H](C[C@@H]1C(=O)NC1CCCC1)[C@]1(C2)NC(=O)c2ccccc2O1. The van der Waals surface area contributed by atoms with Crippen molar-refractivity contribution < 1.29 is 14.3 Å². The average molecular weight is 368 g/mol. The van der Waals surface area contributed by atoms with E-state index in [2.05, 4.69) is 17.6 Å².